The summed E-state index contributed by atoms with van der Waals surface area (Å²) in [6, 6.07) is 13.0. The summed E-state index contributed by atoms with van der Waals surface area (Å²) >= 11 is 0. The molecule has 1 aliphatic heterocycles. The number of carbonyl (C=O) groups is 2. The first kappa shape index (κ1) is 16.1. The first-order valence-electron chi connectivity index (χ1n) is 7.83. The van der Waals surface area contributed by atoms with Crippen LogP contribution in [-0.2, 0) is 16.0 Å². The zero-order chi connectivity index (χ0) is 17.3. The van der Waals surface area contributed by atoms with Crippen molar-refractivity contribution in [2.75, 3.05) is 24.3 Å². The van der Waals surface area contributed by atoms with Gasteiger partial charge in [-0.3, -0.25) is 4.79 Å². The summed E-state index contributed by atoms with van der Waals surface area (Å²) in [5, 5.41) is 2.86. The fourth-order valence-electron chi connectivity index (χ4n) is 2.76. The summed E-state index contributed by atoms with van der Waals surface area (Å²) in [4.78, 5) is 26.5. The van der Waals surface area contributed by atoms with E-state index in [4.69, 9.17) is 4.74 Å². The SMILES string of the molecule is Cc1cc(N(C)C)ccc1NC(=O)[C@@H]1Cc2ccccc2C(=O)O1. The number of anilines is 2. The van der Waals surface area contributed by atoms with Gasteiger partial charge in [-0.1, -0.05) is 18.2 Å². The van der Waals surface area contributed by atoms with Crippen LogP contribution in [0.15, 0.2) is 42.5 Å². The highest BCUT2D eigenvalue weighted by atomic mass is 16.5. The largest absolute Gasteiger partial charge is 0.448 e. The number of ether oxygens (including phenoxy) is 1. The van der Waals surface area contributed by atoms with E-state index < -0.39 is 12.1 Å². The third kappa shape index (κ3) is 3.11. The van der Waals surface area contributed by atoms with Crippen LogP contribution in [0.5, 0.6) is 0 Å². The predicted octanol–water partition coefficient (Wildman–Crippen LogP) is 2.78. The number of hydrogen-bond donors (Lipinski definition) is 1. The lowest BCUT2D eigenvalue weighted by atomic mass is 9.98. The van der Waals surface area contributed by atoms with Gasteiger partial charge in [0.05, 0.1) is 5.56 Å². The van der Waals surface area contributed by atoms with Gasteiger partial charge in [0.15, 0.2) is 6.10 Å². The normalized spacial score (nSPS) is 16.1. The van der Waals surface area contributed by atoms with Gasteiger partial charge in [0, 0.05) is 31.9 Å². The molecular formula is C19H20N2O3. The maximum Gasteiger partial charge on any atom is 0.339 e. The minimum Gasteiger partial charge on any atom is -0.448 e. The summed E-state index contributed by atoms with van der Waals surface area (Å²) in [6.45, 7) is 1.94. The van der Waals surface area contributed by atoms with Gasteiger partial charge in [-0.15, -0.1) is 0 Å². The van der Waals surface area contributed by atoms with Crippen molar-refractivity contribution in [1.29, 1.82) is 0 Å². The van der Waals surface area contributed by atoms with Crippen molar-refractivity contribution in [3.63, 3.8) is 0 Å². The molecule has 0 aliphatic carbocycles. The van der Waals surface area contributed by atoms with E-state index in [2.05, 4.69) is 5.32 Å². The lowest BCUT2D eigenvalue weighted by Gasteiger charge is -2.24. The van der Waals surface area contributed by atoms with Crippen molar-refractivity contribution in [1.82, 2.24) is 0 Å². The molecule has 0 saturated heterocycles. The smallest absolute Gasteiger partial charge is 0.339 e. The minimum atomic E-state index is -0.805. The highest BCUT2D eigenvalue weighted by molar-refractivity contribution is 6.00. The molecule has 2 aromatic rings. The van der Waals surface area contributed by atoms with Gasteiger partial charge in [-0.2, -0.15) is 0 Å². The van der Waals surface area contributed by atoms with Crippen molar-refractivity contribution in [3.8, 4) is 0 Å². The molecule has 1 atom stereocenters. The van der Waals surface area contributed by atoms with Crippen LogP contribution in [-0.4, -0.2) is 32.1 Å². The number of esters is 1. The third-order valence-electron chi connectivity index (χ3n) is 4.17. The van der Waals surface area contributed by atoms with Crippen molar-refractivity contribution in [3.05, 3.63) is 59.2 Å². The van der Waals surface area contributed by atoms with E-state index in [0.29, 0.717) is 12.0 Å². The summed E-state index contributed by atoms with van der Waals surface area (Å²) in [5.41, 5.74) is 4.11. The number of benzene rings is 2. The Morgan fingerprint density at radius 3 is 2.67 bits per heavy atom. The van der Waals surface area contributed by atoms with Crippen LogP contribution < -0.4 is 10.2 Å². The molecule has 0 saturated carbocycles. The molecule has 0 aromatic heterocycles. The van der Waals surface area contributed by atoms with Gasteiger partial charge in [0.2, 0.25) is 0 Å². The molecule has 124 valence electrons. The monoisotopic (exact) mass is 324 g/mol. The van der Waals surface area contributed by atoms with Gasteiger partial charge in [0.25, 0.3) is 5.91 Å². The fraction of sp³-hybridized carbons (Fsp3) is 0.263. The van der Waals surface area contributed by atoms with Crippen LogP contribution >= 0.6 is 0 Å². The topological polar surface area (TPSA) is 58.6 Å². The molecule has 5 nitrogen and oxygen atoms in total. The van der Waals surface area contributed by atoms with Crippen molar-refractivity contribution in [2.24, 2.45) is 0 Å². The van der Waals surface area contributed by atoms with Gasteiger partial charge < -0.3 is 15.0 Å². The minimum absolute atomic E-state index is 0.307. The molecule has 0 fully saturated rings. The number of carbonyl (C=O) groups excluding carboxylic acids is 2. The number of amides is 1. The number of rotatable bonds is 3. The maximum atomic E-state index is 12.5. The van der Waals surface area contributed by atoms with Crippen LogP contribution in [0.25, 0.3) is 0 Å². The van der Waals surface area contributed by atoms with Crippen molar-refractivity contribution >= 4 is 23.3 Å². The number of hydrogen-bond acceptors (Lipinski definition) is 4. The van der Waals surface area contributed by atoms with Crippen molar-refractivity contribution in [2.45, 2.75) is 19.4 Å². The second-order valence-electron chi connectivity index (χ2n) is 6.14. The molecule has 1 amide bonds. The van der Waals surface area contributed by atoms with E-state index in [1.165, 1.54) is 0 Å². The second kappa shape index (κ2) is 6.35. The predicted molar refractivity (Wildman–Crippen MR) is 93.5 cm³/mol. The lowest BCUT2D eigenvalue weighted by molar-refractivity contribution is -0.125. The molecule has 0 unspecified atom stereocenters. The van der Waals surface area contributed by atoms with Gasteiger partial charge in [-0.05, 0) is 42.3 Å². The zero-order valence-corrected chi connectivity index (χ0v) is 14.0. The molecule has 1 aliphatic rings. The lowest BCUT2D eigenvalue weighted by Crippen LogP contribution is -2.38. The molecule has 1 heterocycles. The Balaban J connectivity index is 1.76. The summed E-state index contributed by atoms with van der Waals surface area (Å²) in [6.07, 6.45) is -0.414. The Bertz CT molecular complexity index is 799. The van der Waals surface area contributed by atoms with E-state index in [1.807, 2.05) is 56.3 Å². The first-order chi connectivity index (χ1) is 11.5. The van der Waals surface area contributed by atoms with Crippen LogP contribution in [0.1, 0.15) is 21.5 Å². The van der Waals surface area contributed by atoms with Crippen molar-refractivity contribution < 1.29 is 14.3 Å². The Morgan fingerprint density at radius 2 is 1.96 bits per heavy atom. The molecule has 1 N–H and O–H groups in total. The standard InChI is InChI=1S/C19H20N2O3/c1-12-10-14(21(2)3)8-9-16(12)20-18(22)17-11-13-6-4-5-7-15(13)19(23)24-17/h4-10,17H,11H2,1-3H3,(H,20,22)/t17-/m0/s1. The van der Waals surface area contributed by atoms with E-state index >= 15 is 0 Å². The number of nitrogens with one attached hydrogen (secondary N) is 1. The van der Waals surface area contributed by atoms with E-state index in [0.717, 1.165) is 22.5 Å². The molecule has 3 rings (SSSR count). The van der Waals surface area contributed by atoms with E-state index in [9.17, 15) is 9.59 Å². The fourth-order valence-corrected chi connectivity index (χ4v) is 2.76. The molecule has 2 aromatic carbocycles. The second-order valence-corrected chi connectivity index (χ2v) is 6.14. The van der Waals surface area contributed by atoms with Gasteiger partial charge in [0.1, 0.15) is 0 Å². The molecule has 24 heavy (non-hydrogen) atoms. The third-order valence-corrected chi connectivity index (χ3v) is 4.17. The van der Waals surface area contributed by atoms with Crippen LogP contribution in [0.4, 0.5) is 11.4 Å². The Morgan fingerprint density at radius 1 is 1.21 bits per heavy atom. The number of nitrogens with zero attached hydrogens (tertiary/aromatic N) is 1. The quantitative estimate of drug-likeness (QED) is 0.882. The number of aryl methyl sites for hydroxylation is 1. The molecule has 5 heteroatoms. The summed E-state index contributed by atoms with van der Waals surface area (Å²) in [7, 11) is 3.93. The Kier molecular flexibility index (Phi) is 4.25. The number of fused-ring (bicyclic) bond motifs is 1. The average Bonchev–Trinajstić information content (AvgIpc) is 2.56. The molecule has 0 bridgehead atoms. The molecule has 0 radical (unpaired) electrons. The van der Waals surface area contributed by atoms with Crippen LogP contribution in [0.3, 0.4) is 0 Å². The Labute approximate surface area is 141 Å². The summed E-state index contributed by atoms with van der Waals surface area (Å²) in [5.74, 6) is -0.754. The highest BCUT2D eigenvalue weighted by Gasteiger charge is 2.31. The van der Waals surface area contributed by atoms with E-state index in [1.54, 1.807) is 12.1 Å². The van der Waals surface area contributed by atoms with Crippen LogP contribution in [0.2, 0.25) is 0 Å². The molecular weight excluding hydrogens is 304 g/mol. The Hall–Kier alpha value is -2.82. The average molecular weight is 324 g/mol. The van der Waals surface area contributed by atoms with Gasteiger partial charge in [-0.25, -0.2) is 4.79 Å². The summed E-state index contributed by atoms with van der Waals surface area (Å²) < 4.78 is 5.29. The zero-order valence-electron chi connectivity index (χ0n) is 14.0. The number of cyclic esters (lactones) is 1. The van der Waals surface area contributed by atoms with Gasteiger partial charge >= 0.3 is 5.97 Å². The maximum absolute atomic E-state index is 12.5. The highest BCUT2D eigenvalue weighted by Crippen LogP contribution is 2.24. The molecule has 0 spiro atoms. The first-order valence-corrected chi connectivity index (χ1v) is 7.83. The van der Waals surface area contributed by atoms with E-state index in [-0.39, 0.29) is 5.91 Å². The van der Waals surface area contributed by atoms with Crippen LogP contribution in [0, 0.1) is 6.92 Å².